The topological polar surface area (TPSA) is 130 Å². The molecule has 0 unspecified atom stereocenters. The van der Waals surface area contributed by atoms with E-state index in [1.165, 1.54) is 10.7 Å². The van der Waals surface area contributed by atoms with Gasteiger partial charge in [0, 0.05) is 13.1 Å². The molecule has 0 bridgehead atoms. The van der Waals surface area contributed by atoms with Gasteiger partial charge >= 0.3 is 6.09 Å². The Morgan fingerprint density at radius 2 is 2.00 bits per heavy atom. The van der Waals surface area contributed by atoms with Gasteiger partial charge in [-0.15, -0.1) is 0 Å². The maximum absolute atomic E-state index is 10.9. The van der Waals surface area contributed by atoms with Crippen molar-refractivity contribution < 1.29 is 14.4 Å². The van der Waals surface area contributed by atoms with Gasteiger partial charge in [-0.3, -0.25) is 0 Å². The molecule has 0 aliphatic rings. The van der Waals surface area contributed by atoms with E-state index in [1.54, 1.807) is 25.3 Å². The number of carbonyl (C=O) groups excluding carboxylic acids is 1. The minimum absolute atomic E-state index is 0.0536. The number of amides is 1. The summed E-state index contributed by atoms with van der Waals surface area (Å²) in [7, 11) is 1.66. The maximum atomic E-state index is 10.9. The summed E-state index contributed by atoms with van der Waals surface area (Å²) >= 11 is 0. The first kappa shape index (κ1) is 16.9. The number of pyridine rings is 1. The number of nitrogens with zero attached hydrogens (tertiary/aromatic N) is 5. The van der Waals surface area contributed by atoms with Crippen molar-refractivity contribution in [2.45, 2.75) is 0 Å². The van der Waals surface area contributed by atoms with Gasteiger partial charge in [0.2, 0.25) is 5.88 Å². The van der Waals surface area contributed by atoms with Crippen molar-refractivity contribution in [2.24, 2.45) is 12.8 Å². The van der Waals surface area contributed by atoms with Crippen LogP contribution in [0.3, 0.4) is 0 Å². The molecule has 0 atom stereocenters. The van der Waals surface area contributed by atoms with Gasteiger partial charge in [0.05, 0.1) is 0 Å². The van der Waals surface area contributed by atoms with Crippen molar-refractivity contribution in [1.29, 1.82) is 0 Å². The number of benzene rings is 1. The molecule has 1 aromatic carbocycles. The van der Waals surface area contributed by atoms with Crippen LogP contribution in [0.25, 0.3) is 11.8 Å². The zero-order valence-electron chi connectivity index (χ0n) is 13.7. The maximum Gasteiger partial charge on any atom is 0.411 e. The second-order valence-corrected chi connectivity index (χ2v) is 5.03. The molecular formula is C16H15N7O3. The lowest BCUT2D eigenvalue weighted by molar-refractivity contribution is 0.209. The molecule has 0 aliphatic carbocycles. The number of nitrogens with one attached hydrogen (secondary N) is 1. The van der Waals surface area contributed by atoms with Gasteiger partial charge in [0.25, 0.3) is 5.95 Å². The third kappa shape index (κ3) is 4.32. The number of primary amides is 1. The number of carbonyl (C=O) groups is 1. The van der Waals surface area contributed by atoms with Crippen LogP contribution in [0.1, 0.15) is 11.3 Å². The number of tetrazole rings is 1. The van der Waals surface area contributed by atoms with Gasteiger partial charge in [-0.1, -0.05) is 41.5 Å². The van der Waals surface area contributed by atoms with E-state index in [0.717, 1.165) is 5.56 Å². The van der Waals surface area contributed by atoms with Crippen LogP contribution in [-0.4, -0.2) is 31.3 Å². The smallest absolute Gasteiger partial charge is 0.391 e. The van der Waals surface area contributed by atoms with E-state index in [0.29, 0.717) is 17.4 Å². The molecule has 3 aromatic rings. The van der Waals surface area contributed by atoms with Gasteiger partial charge in [-0.25, -0.2) is 14.5 Å². The van der Waals surface area contributed by atoms with Gasteiger partial charge in [-0.05, 0) is 28.1 Å². The normalized spacial score (nSPS) is 11.0. The summed E-state index contributed by atoms with van der Waals surface area (Å²) in [6.07, 6.45) is 0.806. The Morgan fingerprint density at radius 1 is 1.19 bits per heavy atom. The average Bonchev–Trinajstić information content (AvgIpc) is 3.04. The molecule has 0 saturated heterocycles. The highest BCUT2D eigenvalue weighted by atomic mass is 16.7. The number of aromatic nitrogens is 5. The van der Waals surface area contributed by atoms with Crippen molar-refractivity contribution in [1.82, 2.24) is 25.2 Å². The average molecular weight is 353 g/mol. The van der Waals surface area contributed by atoms with Crippen molar-refractivity contribution in [3.63, 3.8) is 0 Å². The van der Waals surface area contributed by atoms with E-state index in [1.807, 2.05) is 30.3 Å². The molecule has 2 aromatic heterocycles. The number of nitrogens with two attached hydrogens (primary N) is 1. The molecule has 0 spiro atoms. The molecular weight excluding hydrogens is 338 g/mol. The Balaban J connectivity index is 1.91. The molecule has 0 aliphatic heterocycles. The van der Waals surface area contributed by atoms with E-state index in [9.17, 15) is 4.79 Å². The predicted molar refractivity (Wildman–Crippen MR) is 92.3 cm³/mol. The Labute approximate surface area is 148 Å². The van der Waals surface area contributed by atoms with Crippen molar-refractivity contribution >= 4 is 23.9 Å². The Bertz CT molecular complexity index is 924. The standard InChI is InChI=1S/C16H15N7O3/c1-23-16(19-21-22-23)20-26-13(10-11-6-3-2-4-7-11)12-8-5-9-14(18-12)25-15(17)24/h2-10H,1H3,(H2,17,24)(H,19,20,22). The molecule has 1 amide bonds. The first-order chi connectivity index (χ1) is 12.6. The molecule has 3 rings (SSSR count). The van der Waals surface area contributed by atoms with E-state index < -0.39 is 6.09 Å². The molecule has 0 radical (unpaired) electrons. The summed E-state index contributed by atoms with van der Waals surface area (Å²) in [5, 5.41) is 11.0. The molecule has 3 N–H and O–H groups in total. The summed E-state index contributed by atoms with van der Waals surface area (Å²) < 4.78 is 6.22. The van der Waals surface area contributed by atoms with E-state index in [2.05, 4.69) is 26.0 Å². The van der Waals surface area contributed by atoms with Gasteiger partial charge in [-0.2, -0.15) is 5.48 Å². The first-order valence-corrected chi connectivity index (χ1v) is 7.48. The zero-order chi connectivity index (χ0) is 18.4. The molecule has 132 valence electrons. The lowest BCUT2D eigenvalue weighted by Crippen LogP contribution is -2.17. The van der Waals surface area contributed by atoms with E-state index in [4.69, 9.17) is 15.3 Å². The van der Waals surface area contributed by atoms with Crippen LogP contribution in [0.15, 0.2) is 48.5 Å². The number of hydrogen-bond donors (Lipinski definition) is 2. The quantitative estimate of drug-likeness (QED) is 0.505. The molecule has 10 heteroatoms. The zero-order valence-corrected chi connectivity index (χ0v) is 13.7. The van der Waals surface area contributed by atoms with Crippen LogP contribution < -0.4 is 16.0 Å². The third-order valence-corrected chi connectivity index (χ3v) is 3.15. The highest BCUT2D eigenvalue weighted by Crippen LogP contribution is 2.20. The van der Waals surface area contributed by atoms with Crippen LogP contribution in [-0.2, 0) is 11.9 Å². The molecule has 2 heterocycles. The fraction of sp³-hybridized carbons (Fsp3) is 0.0625. The first-order valence-electron chi connectivity index (χ1n) is 7.48. The summed E-state index contributed by atoms with van der Waals surface area (Å²) in [5.41, 5.74) is 8.98. The molecule has 10 nitrogen and oxygen atoms in total. The summed E-state index contributed by atoms with van der Waals surface area (Å²) in [5.74, 6) is 0.709. The van der Waals surface area contributed by atoms with E-state index >= 15 is 0 Å². The van der Waals surface area contributed by atoms with Crippen LogP contribution in [0.2, 0.25) is 0 Å². The Kier molecular flexibility index (Phi) is 5.03. The third-order valence-electron chi connectivity index (χ3n) is 3.15. The fourth-order valence-electron chi connectivity index (χ4n) is 1.98. The minimum Gasteiger partial charge on any atom is -0.391 e. The minimum atomic E-state index is -0.951. The van der Waals surface area contributed by atoms with Crippen LogP contribution >= 0.6 is 0 Å². The summed E-state index contributed by atoms with van der Waals surface area (Å²) in [6, 6.07) is 14.3. The predicted octanol–water partition coefficient (Wildman–Crippen LogP) is 1.60. The van der Waals surface area contributed by atoms with Gasteiger partial charge in [0.15, 0.2) is 5.76 Å². The van der Waals surface area contributed by atoms with Crippen molar-refractivity contribution in [3.05, 3.63) is 59.8 Å². The summed E-state index contributed by atoms with van der Waals surface area (Å²) in [6.45, 7) is 0. The second-order valence-electron chi connectivity index (χ2n) is 5.03. The van der Waals surface area contributed by atoms with Gasteiger partial charge < -0.3 is 15.3 Å². The largest absolute Gasteiger partial charge is 0.411 e. The number of rotatable bonds is 6. The Hall–Kier alpha value is -3.95. The van der Waals surface area contributed by atoms with Crippen LogP contribution in [0.4, 0.5) is 10.7 Å². The van der Waals surface area contributed by atoms with Crippen molar-refractivity contribution in [3.8, 4) is 5.88 Å². The number of anilines is 1. The lowest BCUT2D eigenvalue weighted by Gasteiger charge is -2.11. The van der Waals surface area contributed by atoms with E-state index in [-0.39, 0.29) is 5.88 Å². The fourth-order valence-corrected chi connectivity index (χ4v) is 1.98. The SMILES string of the molecule is Cn1nnnc1NOC(=Cc1ccccc1)c1cccc(OC(N)=O)n1. The number of hydrogen-bond acceptors (Lipinski definition) is 8. The lowest BCUT2D eigenvalue weighted by atomic mass is 10.2. The molecule has 26 heavy (non-hydrogen) atoms. The summed E-state index contributed by atoms with van der Waals surface area (Å²) in [4.78, 5) is 20.8. The van der Waals surface area contributed by atoms with Crippen LogP contribution in [0, 0.1) is 0 Å². The molecule has 0 fully saturated rings. The number of aryl methyl sites for hydroxylation is 1. The highest BCUT2D eigenvalue weighted by molar-refractivity contribution is 5.76. The highest BCUT2D eigenvalue weighted by Gasteiger charge is 2.11. The molecule has 0 saturated carbocycles. The number of ether oxygens (including phenoxy) is 1. The van der Waals surface area contributed by atoms with Crippen molar-refractivity contribution in [2.75, 3.05) is 5.48 Å². The second kappa shape index (κ2) is 7.75. The van der Waals surface area contributed by atoms with Crippen LogP contribution in [0.5, 0.6) is 5.88 Å². The Morgan fingerprint density at radius 3 is 2.69 bits per heavy atom. The van der Waals surface area contributed by atoms with Gasteiger partial charge in [0.1, 0.15) is 5.69 Å². The monoisotopic (exact) mass is 353 g/mol.